The van der Waals surface area contributed by atoms with Gasteiger partial charge in [-0.1, -0.05) is 78.7 Å². The van der Waals surface area contributed by atoms with Crippen LogP contribution in [0.25, 0.3) is 0 Å². The van der Waals surface area contributed by atoms with E-state index in [2.05, 4.69) is 5.32 Å². The Labute approximate surface area is 244 Å². The first-order valence-corrected chi connectivity index (χ1v) is 15.7. The summed E-state index contributed by atoms with van der Waals surface area (Å²) in [5, 5.41) is 4.29. The van der Waals surface area contributed by atoms with Gasteiger partial charge in [0.2, 0.25) is 21.8 Å². The number of sulfonamides is 1. The van der Waals surface area contributed by atoms with Crippen LogP contribution in [0.2, 0.25) is 20.1 Å². The van der Waals surface area contributed by atoms with Gasteiger partial charge < -0.3 is 10.2 Å². The molecule has 1 N–H and O–H groups in total. The molecule has 1 unspecified atom stereocenters. The molecule has 1 saturated carbocycles. The Morgan fingerprint density at radius 3 is 2.16 bits per heavy atom. The average molecular weight is 623 g/mol. The van der Waals surface area contributed by atoms with Gasteiger partial charge in [-0.3, -0.25) is 13.9 Å². The maximum Gasteiger partial charge on any atom is 0.244 e. The Kier molecular flexibility index (Phi) is 11.0. The second kappa shape index (κ2) is 13.6. The van der Waals surface area contributed by atoms with Crippen molar-refractivity contribution in [3.63, 3.8) is 0 Å². The number of amides is 2. The van der Waals surface area contributed by atoms with Gasteiger partial charge >= 0.3 is 0 Å². The maximum atomic E-state index is 13.8. The Balaban J connectivity index is 1.96. The molecule has 0 spiro atoms. The Morgan fingerprint density at radius 1 is 0.974 bits per heavy atom. The first-order valence-electron chi connectivity index (χ1n) is 12.4. The van der Waals surface area contributed by atoms with Crippen molar-refractivity contribution in [2.45, 2.75) is 64.1 Å². The smallest absolute Gasteiger partial charge is 0.244 e. The van der Waals surface area contributed by atoms with Gasteiger partial charge in [-0.25, -0.2) is 8.42 Å². The van der Waals surface area contributed by atoms with E-state index in [1.807, 2.05) is 0 Å². The van der Waals surface area contributed by atoms with Gasteiger partial charge in [0, 0.05) is 32.7 Å². The standard InChI is InChI=1S/C26H31Cl4N3O4S/c1-3-24(26(35)31-21-7-5-4-6-8-21)32(15-17-9-10-18(27)14-23(17)30)25(34)16-33(38(2,36)37)22-12-19(28)11-20(29)13-22/h9-14,21,24H,3-8,15-16H2,1-2H3,(H,31,35). The summed E-state index contributed by atoms with van der Waals surface area (Å²) >= 11 is 24.7. The first-order chi connectivity index (χ1) is 17.9. The predicted octanol–water partition coefficient (Wildman–Crippen LogP) is 6.32. The molecule has 208 valence electrons. The summed E-state index contributed by atoms with van der Waals surface area (Å²) in [4.78, 5) is 28.6. The highest BCUT2D eigenvalue weighted by Crippen LogP contribution is 2.28. The summed E-state index contributed by atoms with van der Waals surface area (Å²) in [5.41, 5.74) is 0.715. The minimum absolute atomic E-state index is 0.0146. The number of carbonyl (C=O) groups is 2. The van der Waals surface area contributed by atoms with Crippen molar-refractivity contribution >= 4 is 73.9 Å². The van der Waals surface area contributed by atoms with Crippen molar-refractivity contribution < 1.29 is 18.0 Å². The molecule has 2 amide bonds. The van der Waals surface area contributed by atoms with E-state index in [9.17, 15) is 18.0 Å². The molecule has 0 radical (unpaired) electrons. The highest BCUT2D eigenvalue weighted by molar-refractivity contribution is 7.92. The van der Waals surface area contributed by atoms with Crippen molar-refractivity contribution in [2.24, 2.45) is 0 Å². The topological polar surface area (TPSA) is 86.8 Å². The minimum atomic E-state index is -3.92. The number of halogens is 4. The van der Waals surface area contributed by atoms with Gasteiger partial charge in [-0.15, -0.1) is 0 Å². The van der Waals surface area contributed by atoms with Crippen LogP contribution in [0.15, 0.2) is 36.4 Å². The lowest BCUT2D eigenvalue weighted by atomic mass is 9.95. The highest BCUT2D eigenvalue weighted by Gasteiger charge is 2.33. The van der Waals surface area contributed by atoms with E-state index in [4.69, 9.17) is 46.4 Å². The molecule has 1 fully saturated rings. The largest absolute Gasteiger partial charge is 0.352 e. The van der Waals surface area contributed by atoms with Crippen molar-refractivity contribution in [1.29, 1.82) is 0 Å². The zero-order valence-electron chi connectivity index (χ0n) is 21.2. The fourth-order valence-electron chi connectivity index (χ4n) is 4.59. The first kappa shape index (κ1) is 30.8. The summed E-state index contributed by atoms with van der Waals surface area (Å²) < 4.78 is 26.4. The fourth-order valence-corrected chi connectivity index (χ4v) is 6.41. The molecule has 3 rings (SSSR count). The van der Waals surface area contributed by atoms with Crippen LogP contribution >= 0.6 is 46.4 Å². The van der Waals surface area contributed by atoms with Gasteiger partial charge in [-0.05, 0) is 55.2 Å². The summed E-state index contributed by atoms with van der Waals surface area (Å²) in [6, 6.07) is 8.37. The van der Waals surface area contributed by atoms with Gasteiger partial charge in [0.05, 0.1) is 11.9 Å². The summed E-state index contributed by atoms with van der Waals surface area (Å²) in [7, 11) is -3.92. The molecule has 0 heterocycles. The van der Waals surface area contributed by atoms with Crippen LogP contribution in [-0.4, -0.2) is 50.0 Å². The number of rotatable bonds is 10. The molecule has 1 atom stereocenters. The van der Waals surface area contributed by atoms with Crippen molar-refractivity contribution in [2.75, 3.05) is 17.1 Å². The SMILES string of the molecule is CCC(C(=O)NC1CCCCC1)N(Cc1ccc(Cl)cc1Cl)C(=O)CN(c1cc(Cl)cc(Cl)c1)S(C)(=O)=O. The third kappa shape index (κ3) is 8.39. The van der Waals surface area contributed by atoms with Crippen LogP contribution in [-0.2, 0) is 26.2 Å². The third-order valence-corrected chi connectivity index (χ3v) is 8.67. The van der Waals surface area contributed by atoms with Gasteiger partial charge in [0.25, 0.3) is 0 Å². The third-order valence-electron chi connectivity index (χ3n) is 6.51. The lowest BCUT2D eigenvalue weighted by Crippen LogP contribution is -2.54. The fraction of sp³-hybridized carbons (Fsp3) is 0.462. The van der Waals surface area contributed by atoms with Crippen LogP contribution < -0.4 is 9.62 Å². The molecular weight excluding hydrogens is 592 g/mol. The van der Waals surface area contributed by atoms with E-state index in [1.54, 1.807) is 25.1 Å². The molecule has 0 aliphatic heterocycles. The van der Waals surface area contributed by atoms with E-state index in [-0.39, 0.29) is 34.2 Å². The monoisotopic (exact) mass is 621 g/mol. The molecule has 38 heavy (non-hydrogen) atoms. The zero-order valence-corrected chi connectivity index (χ0v) is 25.1. The van der Waals surface area contributed by atoms with Crippen LogP contribution in [0.4, 0.5) is 5.69 Å². The van der Waals surface area contributed by atoms with E-state index in [1.165, 1.54) is 23.1 Å². The predicted molar refractivity (Wildman–Crippen MR) is 155 cm³/mol. The van der Waals surface area contributed by atoms with E-state index in [0.717, 1.165) is 42.7 Å². The molecule has 2 aromatic rings. The number of benzene rings is 2. The minimum Gasteiger partial charge on any atom is -0.352 e. The van der Waals surface area contributed by atoms with Gasteiger partial charge in [0.1, 0.15) is 12.6 Å². The molecule has 1 aliphatic rings. The molecule has 1 aliphatic carbocycles. The van der Waals surface area contributed by atoms with E-state index in [0.29, 0.717) is 22.0 Å². The zero-order chi connectivity index (χ0) is 28.0. The molecule has 0 bridgehead atoms. The van der Waals surface area contributed by atoms with Crippen molar-refractivity contribution in [3.8, 4) is 0 Å². The summed E-state index contributed by atoms with van der Waals surface area (Å²) in [5.74, 6) is -0.863. The summed E-state index contributed by atoms with van der Waals surface area (Å²) in [6.07, 6.45) is 6.29. The lowest BCUT2D eigenvalue weighted by molar-refractivity contribution is -0.140. The molecule has 12 heteroatoms. The van der Waals surface area contributed by atoms with Gasteiger partial charge in [0.15, 0.2) is 0 Å². The Hall–Kier alpha value is -1.71. The van der Waals surface area contributed by atoms with Crippen LogP contribution in [0.1, 0.15) is 51.0 Å². The van der Waals surface area contributed by atoms with Crippen molar-refractivity contribution in [1.82, 2.24) is 10.2 Å². The second-order valence-electron chi connectivity index (χ2n) is 9.42. The number of carbonyl (C=O) groups excluding carboxylic acids is 2. The molecular formula is C26H31Cl4N3O4S. The van der Waals surface area contributed by atoms with Gasteiger partial charge in [-0.2, -0.15) is 0 Å². The maximum absolute atomic E-state index is 13.8. The number of hydrogen-bond acceptors (Lipinski definition) is 4. The normalized spacial score (nSPS) is 15.1. The van der Waals surface area contributed by atoms with Crippen LogP contribution in [0.5, 0.6) is 0 Å². The molecule has 0 aromatic heterocycles. The quantitative estimate of drug-likeness (QED) is 0.336. The van der Waals surface area contributed by atoms with Crippen molar-refractivity contribution in [3.05, 3.63) is 62.1 Å². The lowest BCUT2D eigenvalue weighted by Gasteiger charge is -2.34. The van der Waals surface area contributed by atoms with E-state index < -0.39 is 28.5 Å². The number of nitrogens with one attached hydrogen (secondary N) is 1. The molecule has 2 aromatic carbocycles. The highest BCUT2D eigenvalue weighted by atomic mass is 35.5. The number of anilines is 1. The van der Waals surface area contributed by atoms with Crippen LogP contribution in [0.3, 0.4) is 0 Å². The Bertz CT molecular complexity index is 1250. The average Bonchev–Trinajstić information content (AvgIpc) is 2.82. The Morgan fingerprint density at radius 2 is 1.61 bits per heavy atom. The second-order valence-corrected chi connectivity index (χ2v) is 13.0. The summed E-state index contributed by atoms with van der Waals surface area (Å²) in [6.45, 7) is 1.23. The molecule has 0 saturated heterocycles. The van der Waals surface area contributed by atoms with E-state index >= 15 is 0 Å². The number of hydrogen-bond donors (Lipinski definition) is 1. The number of nitrogens with zero attached hydrogens (tertiary/aromatic N) is 2. The van der Waals surface area contributed by atoms with Crippen LogP contribution in [0, 0.1) is 0 Å². The molecule has 7 nitrogen and oxygen atoms in total.